The maximum atomic E-state index is 12.7. The lowest BCUT2D eigenvalue weighted by molar-refractivity contribution is -0.0500. The van der Waals surface area contributed by atoms with Crippen molar-refractivity contribution in [1.29, 1.82) is 0 Å². The molecule has 1 aliphatic heterocycles. The number of benzene rings is 1. The molecule has 0 unspecified atom stereocenters. The van der Waals surface area contributed by atoms with Crippen LogP contribution >= 0.6 is 0 Å². The van der Waals surface area contributed by atoms with Gasteiger partial charge in [-0.3, -0.25) is 0 Å². The minimum Gasteiger partial charge on any atom is -0.491 e. The number of rotatable bonds is 5. The fraction of sp³-hybridized carbons (Fsp3) is 0.421. The summed E-state index contributed by atoms with van der Waals surface area (Å²) in [4.78, 5) is 6.25. The second-order valence-corrected chi connectivity index (χ2v) is 8.60. The average Bonchev–Trinajstić information content (AvgIpc) is 2.96. The molecule has 0 bridgehead atoms. The molecule has 0 atom stereocenters. The van der Waals surface area contributed by atoms with Crippen molar-refractivity contribution in [1.82, 2.24) is 4.98 Å². The second-order valence-electron chi connectivity index (χ2n) is 7.06. The Morgan fingerprint density at radius 2 is 1.86 bits per heavy atom. The minimum absolute atomic E-state index is 0.0207. The largest absolute Gasteiger partial charge is 0.534 e. The highest BCUT2D eigenvalue weighted by Crippen LogP contribution is 2.41. The van der Waals surface area contributed by atoms with E-state index in [0.717, 1.165) is 11.3 Å². The maximum Gasteiger partial charge on any atom is 0.534 e. The third-order valence-electron chi connectivity index (χ3n) is 4.34. The van der Waals surface area contributed by atoms with E-state index in [4.69, 9.17) is 4.74 Å². The summed E-state index contributed by atoms with van der Waals surface area (Å²) in [6, 6.07) is 6.73. The van der Waals surface area contributed by atoms with Gasteiger partial charge in [0, 0.05) is 29.6 Å². The highest BCUT2D eigenvalue weighted by molar-refractivity contribution is 7.88. The van der Waals surface area contributed by atoms with Crippen LogP contribution in [-0.4, -0.2) is 31.6 Å². The van der Waals surface area contributed by atoms with Crippen LogP contribution in [0, 0.1) is 13.8 Å². The van der Waals surface area contributed by atoms with Crippen molar-refractivity contribution < 1.29 is 30.5 Å². The molecule has 0 fully saturated rings. The van der Waals surface area contributed by atoms with Crippen LogP contribution in [0.4, 0.5) is 24.7 Å². The first kappa shape index (κ1) is 21.2. The van der Waals surface area contributed by atoms with Gasteiger partial charge in [0.15, 0.2) is 5.75 Å². The lowest BCUT2D eigenvalue weighted by Crippen LogP contribution is -2.28. The molecule has 2 aromatic rings. The van der Waals surface area contributed by atoms with Crippen LogP contribution in [0.25, 0.3) is 0 Å². The van der Waals surface area contributed by atoms with E-state index in [-0.39, 0.29) is 11.9 Å². The Bertz CT molecular complexity index is 1040. The number of aromatic nitrogens is 1. The third kappa shape index (κ3) is 4.26. The summed E-state index contributed by atoms with van der Waals surface area (Å²) >= 11 is 0. The summed E-state index contributed by atoms with van der Waals surface area (Å²) in [6.45, 7) is 7.73. The standard InChI is InChI=1S/C19H21F3N2O4S/c1-11(2)27-14-5-6-16(12(3)9-14)24-8-7-15-17(10-13(4)23-18(15)24)28-29(25,26)19(20,21)22/h5-6,9-11H,7-8H2,1-4H3. The van der Waals surface area contributed by atoms with Crippen molar-refractivity contribution in [3.8, 4) is 11.5 Å². The summed E-state index contributed by atoms with van der Waals surface area (Å²) in [7, 11) is -5.76. The Morgan fingerprint density at radius 1 is 1.17 bits per heavy atom. The molecule has 2 heterocycles. The maximum absolute atomic E-state index is 12.7. The molecule has 158 valence electrons. The van der Waals surface area contributed by atoms with Gasteiger partial charge in [0.05, 0.1) is 6.10 Å². The third-order valence-corrected chi connectivity index (χ3v) is 5.31. The van der Waals surface area contributed by atoms with E-state index in [0.29, 0.717) is 35.8 Å². The number of alkyl halides is 3. The Morgan fingerprint density at radius 3 is 2.45 bits per heavy atom. The number of halogens is 3. The summed E-state index contributed by atoms with van der Waals surface area (Å²) in [5.41, 5.74) is -3.13. The number of anilines is 2. The van der Waals surface area contributed by atoms with Gasteiger partial charge in [-0.15, -0.1) is 0 Å². The summed E-state index contributed by atoms with van der Waals surface area (Å²) in [5, 5.41) is 0. The van der Waals surface area contributed by atoms with Crippen molar-refractivity contribution in [3.63, 3.8) is 0 Å². The number of fused-ring (bicyclic) bond motifs is 1. The van der Waals surface area contributed by atoms with Crippen molar-refractivity contribution in [2.45, 2.75) is 45.7 Å². The Balaban J connectivity index is 1.99. The normalized spacial score (nSPS) is 14.3. The van der Waals surface area contributed by atoms with Crippen LogP contribution in [0.1, 0.15) is 30.7 Å². The average molecular weight is 430 g/mol. The number of pyridine rings is 1. The number of hydrogen-bond acceptors (Lipinski definition) is 6. The fourth-order valence-corrected chi connectivity index (χ4v) is 3.67. The van der Waals surface area contributed by atoms with Crippen LogP contribution in [-0.2, 0) is 16.5 Å². The lowest BCUT2D eigenvalue weighted by atomic mass is 10.1. The van der Waals surface area contributed by atoms with Gasteiger partial charge in [0.1, 0.15) is 11.6 Å². The molecule has 3 rings (SSSR count). The summed E-state index contributed by atoms with van der Waals surface area (Å²) in [5.74, 6) is 0.751. The number of aryl methyl sites for hydroxylation is 2. The Labute approximate surface area is 167 Å². The van der Waals surface area contributed by atoms with Crippen molar-refractivity contribution in [2.75, 3.05) is 11.4 Å². The van der Waals surface area contributed by atoms with Gasteiger partial charge in [-0.05, 0) is 57.9 Å². The zero-order valence-corrected chi connectivity index (χ0v) is 17.2. The molecule has 0 saturated heterocycles. The van der Waals surface area contributed by atoms with E-state index in [1.54, 1.807) is 6.92 Å². The molecule has 0 radical (unpaired) electrons. The van der Waals surface area contributed by atoms with Crippen LogP contribution < -0.4 is 13.8 Å². The molecule has 6 nitrogen and oxygen atoms in total. The van der Waals surface area contributed by atoms with E-state index >= 15 is 0 Å². The molecule has 0 saturated carbocycles. The van der Waals surface area contributed by atoms with Gasteiger partial charge in [-0.2, -0.15) is 21.6 Å². The SMILES string of the molecule is Cc1cc(OS(=O)(=O)C(F)(F)F)c2c(n1)N(c1ccc(OC(C)C)cc1C)CC2. The monoisotopic (exact) mass is 430 g/mol. The molecule has 29 heavy (non-hydrogen) atoms. The zero-order valence-electron chi connectivity index (χ0n) is 16.4. The molecule has 0 spiro atoms. The molecule has 1 aromatic carbocycles. The number of hydrogen-bond donors (Lipinski definition) is 0. The molecular weight excluding hydrogens is 409 g/mol. The van der Waals surface area contributed by atoms with E-state index in [9.17, 15) is 21.6 Å². The molecule has 0 aliphatic carbocycles. The van der Waals surface area contributed by atoms with Crippen LogP contribution in [0.15, 0.2) is 24.3 Å². The van der Waals surface area contributed by atoms with Gasteiger partial charge < -0.3 is 13.8 Å². The topological polar surface area (TPSA) is 68.7 Å². The number of nitrogens with zero attached hydrogens (tertiary/aromatic N) is 2. The van der Waals surface area contributed by atoms with Gasteiger partial charge >= 0.3 is 15.6 Å². The van der Waals surface area contributed by atoms with Crippen LogP contribution in [0.5, 0.6) is 11.5 Å². The van der Waals surface area contributed by atoms with Gasteiger partial charge in [-0.25, -0.2) is 4.98 Å². The van der Waals surface area contributed by atoms with Crippen LogP contribution in [0.3, 0.4) is 0 Å². The molecule has 0 amide bonds. The fourth-order valence-electron chi connectivity index (χ4n) is 3.19. The van der Waals surface area contributed by atoms with Gasteiger partial charge in [-0.1, -0.05) is 0 Å². The number of ether oxygens (including phenoxy) is 1. The van der Waals surface area contributed by atoms with Crippen LogP contribution in [0.2, 0.25) is 0 Å². The minimum atomic E-state index is -5.76. The van der Waals surface area contributed by atoms with Crippen molar-refractivity contribution >= 4 is 21.6 Å². The van der Waals surface area contributed by atoms with E-state index < -0.39 is 15.6 Å². The lowest BCUT2D eigenvalue weighted by Gasteiger charge is -2.22. The second kappa shape index (κ2) is 7.40. The molecular formula is C19H21F3N2O4S. The summed E-state index contributed by atoms with van der Waals surface area (Å²) in [6.07, 6.45) is 0.321. The van der Waals surface area contributed by atoms with Gasteiger partial charge in [0.2, 0.25) is 0 Å². The highest BCUT2D eigenvalue weighted by Gasteiger charge is 2.49. The highest BCUT2D eigenvalue weighted by atomic mass is 32.2. The Kier molecular flexibility index (Phi) is 5.42. The molecule has 1 aromatic heterocycles. The predicted molar refractivity (Wildman–Crippen MR) is 102 cm³/mol. The van der Waals surface area contributed by atoms with E-state index in [2.05, 4.69) is 9.17 Å². The van der Waals surface area contributed by atoms with E-state index in [1.165, 1.54) is 6.07 Å². The molecule has 1 aliphatic rings. The molecule has 10 heteroatoms. The molecule has 0 N–H and O–H groups in total. The van der Waals surface area contributed by atoms with E-state index in [1.807, 2.05) is 43.9 Å². The predicted octanol–water partition coefficient (Wildman–Crippen LogP) is 4.41. The first-order valence-corrected chi connectivity index (χ1v) is 10.4. The first-order chi connectivity index (χ1) is 13.4. The van der Waals surface area contributed by atoms with Gasteiger partial charge in [0.25, 0.3) is 0 Å². The summed E-state index contributed by atoms with van der Waals surface area (Å²) < 4.78 is 71.3. The van der Waals surface area contributed by atoms with Crippen molar-refractivity contribution in [3.05, 3.63) is 41.1 Å². The smallest absolute Gasteiger partial charge is 0.491 e. The Hall–Kier alpha value is -2.49. The quantitative estimate of drug-likeness (QED) is 0.517. The first-order valence-electron chi connectivity index (χ1n) is 8.95. The zero-order chi connectivity index (χ0) is 21.6. The van der Waals surface area contributed by atoms with Crippen molar-refractivity contribution in [2.24, 2.45) is 0 Å².